The van der Waals surface area contributed by atoms with Gasteiger partial charge in [0, 0.05) is 18.4 Å². The van der Waals surface area contributed by atoms with Crippen LogP contribution in [0.1, 0.15) is 43.2 Å². The van der Waals surface area contributed by atoms with E-state index in [1.165, 1.54) is 11.1 Å². The lowest BCUT2D eigenvalue weighted by molar-refractivity contribution is -0.155. The van der Waals surface area contributed by atoms with Crippen LogP contribution >= 0.6 is 0 Å². The predicted octanol–water partition coefficient (Wildman–Crippen LogP) is 3.09. The second-order valence-corrected chi connectivity index (χ2v) is 7.88. The molecule has 2 aliphatic carbocycles. The summed E-state index contributed by atoms with van der Waals surface area (Å²) in [6.07, 6.45) is 7.51. The highest BCUT2D eigenvalue weighted by atomic mass is 16.5. The molecule has 2 aromatic heterocycles. The van der Waals surface area contributed by atoms with Crippen LogP contribution in [0.15, 0.2) is 41.1 Å². The van der Waals surface area contributed by atoms with Gasteiger partial charge >= 0.3 is 5.97 Å². The zero-order valence-electron chi connectivity index (χ0n) is 16.8. The maximum atomic E-state index is 12.4. The van der Waals surface area contributed by atoms with Crippen molar-refractivity contribution in [1.82, 2.24) is 20.2 Å². The van der Waals surface area contributed by atoms with E-state index >= 15 is 0 Å². The minimum Gasteiger partial charge on any atom is -0.465 e. The molecule has 1 fully saturated rings. The van der Waals surface area contributed by atoms with Crippen molar-refractivity contribution in [3.63, 3.8) is 0 Å². The van der Waals surface area contributed by atoms with Crippen LogP contribution in [0.25, 0.3) is 11.5 Å². The van der Waals surface area contributed by atoms with Crippen LogP contribution in [0.4, 0.5) is 5.95 Å². The van der Waals surface area contributed by atoms with E-state index in [0.717, 1.165) is 19.3 Å². The Morgan fingerprint density at radius 1 is 1.17 bits per heavy atom. The van der Waals surface area contributed by atoms with Crippen LogP contribution in [-0.2, 0) is 27.8 Å². The number of carbonyl (C=O) groups is 1. The molecule has 154 valence electrons. The molecule has 0 saturated heterocycles. The number of ether oxygens (including phenoxy) is 1. The molecule has 1 saturated carbocycles. The van der Waals surface area contributed by atoms with Crippen molar-refractivity contribution >= 4 is 11.9 Å². The number of carbonyl (C=O) groups excluding carboxylic acids is 1. The smallest absolute Gasteiger partial charge is 0.321 e. The summed E-state index contributed by atoms with van der Waals surface area (Å²) in [4.78, 5) is 21.2. The van der Waals surface area contributed by atoms with Gasteiger partial charge in [-0.15, -0.1) is 10.2 Å². The Bertz CT molecular complexity index is 1030. The van der Waals surface area contributed by atoms with Gasteiger partial charge in [0.25, 0.3) is 5.89 Å². The number of hydrogen-bond donors (Lipinski definition) is 1. The molecule has 2 aliphatic rings. The number of nitrogens with one attached hydrogen (secondary N) is 1. The Labute approximate surface area is 174 Å². The highest BCUT2D eigenvalue weighted by molar-refractivity contribution is 5.83. The summed E-state index contributed by atoms with van der Waals surface area (Å²) < 4.78 is 11.1. The van der Waals surface area contributed by atoms with Crippen LogP contribution in [0.3, 0.4) is 0 Å². The van der Waals surface area contributed by atoms with Crippen molar-refractivity contribution < 1.29 is 13.9 Å². The van der Waals surface area contributed by atoms with Gasteiger partial charge in [-0.3, -0.25) is 4.79 Å². The maximum Gasteiger partial charge on any atom is 0.321 e. The first-order valence-corrected chi connectivity index (χ1v) is 10.3. The lowest BCUT2D eigenvalue weighted by atomic mass is 9.68. The first-order chi connectivity index (χ1) is 14.7. The molecule has 0 aliphatic heterocycles. The molecule has 1 N–H and O–H groups in total. The third-order valence-electron chi connectivity index (χ3n) is 5.99. The van der Waals surface area contributed by atoms with Crippen molar-refractivity contribution in [2.24, 2.45) is 0 Å². The monoisotopic (exact) mass is 405 g/mol. The van der Waals surface area contributed by atoms with Gasteiger partial charge < -0.3 is 14.5 Å². The molecular weight excluding hydrogens is 382 g/mol. The topological polar surface area (TPSA) is 103 Å². The number of hydrogen-bond acceptors (Lipinski definition) is 8. The van der Waals surface area contributed by atoms with E-state index in [9.17, 15) is 4.79 Å². The zero-order chi connectivity index (χ0) is 20.6. The van der Waals surface area contributed by atoms with Crippen molar-refractivity contribution in [2.45, 2.75) is 50.5 Å². The van der Waals surface area contributed by atoms with Gasteiger partial charge in [-0.2, -0.15) is 0 Å². The van der Waals surface area contributed by atoms with Gasteiger partial charge in [-0.25, -0.2) is 9.97 Å². The summed E-state index contributed by atoms with van der Waals surface area (Å²) in [6, 6.07) is 8.76. The predicted molar refractivity (Wildman–Crippen MR) is 109 cm³/mol. The Morgan fingerprint density at radius 3 is 2.47 bits per heavy atom. The second-order valence-electron chi connectivity index (χ2n) is 7.88. The van der Waals surface area contributed by atoms with E-state index in [1.54, 1.807) is 19.3 Å². The summed E-state index contributed by atoms with van der Waals surface area (Å²) in [5.74, 6) is 0.895. The van der Waals surface area contributed by atoms with Crippen LogP contribution in [0.2, 0.25) is 0 Å². The first-order valence-electron chi connectivity index (χ1n) is 10.3. The van der Waals surface area contributed by atoms with E-state index in [4.69, 9.17) is 9.15 Å². The van der Waals surface area contributed by atoms with Crippen molar-refractivity contribution in [1.29, 1.82) is 0 Å². The second kappa shape index (κ2) is 7.51. The molecule has 3 aromatic rings. The van der Waals surface area contributed by atoms with Crippen LogP contribution in [0, 0.1) is 0 Å². The molecule has 0 bridgehead atoms. The molecule has 30 heavy (non-hydrogen) atoms. The molecule has 1 aromatic carbocycles. The van der Waals surface area contributed by atoms with Gasteiger partial charge in [0.2, 0.25) is 11.8 Å². The Kier molecular flexibility index (Phi) is 4.69. The average Bonchev–Trinajstić information content (AvgIpc) is 3.35. The molecule has 5 rings (SSSR count). The fourth-order valence-electron chi connectivity index (χ4n) is 4.19. The summed E-state index contributed by atoms with van der Waals surface area (Å²) in [7, 11) is 0. The average molecular weight is 405 g/mol. The summed E-state index contributed by atoms with van der Waals surface area (Å²) in [6.45, 7) is 2.12. The maximum absolute atomic E-state index is 12.4. The molecule has 0 spiro atoms. The normalized spacial score (nSPS) is 17.2. The fourth-order valence-corrected chi connectivity index (χ4v) is 4.19. The van der Waals surface area contributed by atoms with E-state index in [2.05, 4.69) is 49.7 Å². The SMILES string of the molecule is CCOC(=O)C1(c2nnc(-c3cnc(NC4Cc5ccccc5C4)nc3)o2)CCC1. The van der Waals surface area contributed by atoms with E-state index in [-0.39, 0.29) is 12.0 Å². The highest BCUT2D eigenvalue weighted by Gasteiger charge is 2.51. The summed E-state index contributed by atoms with van der Waals surface area (Å²) in [5, 5.41) is 11.6. The molecule has 0 atom stereocenters. The zero-order valence-corrected chi connectivity index (χ0v) is 16.8. The van der Waals surface area contributed by atoms with E-state index in [1.807, 2.05) is 0 Å². The minimum absolute atomic E-state index is 0.284. The lowest BCUT2D eigenvalue weighted by Gasteiger charge is -2.35. The van der Waals surface area contributed by atoms with Gasteiger partial charge in [0.05, 0.1) is 12.2 Å². The standard InChI is InChI=1S/C22H23N5O3/c1-2-29-20(28)22(8-5-9-22)19-27-26-18(30-19)16-12-23-21(24-13-16)25-17-10-14-6-3-4-7-15(14)11-17/h3-4,6-7,12-13,17H,2,5,8-11H2,1H3,(H,23,24,25). The molecular formula is C22H23N5O3. The minimum atomic E-state index is -0.804. The fraction of sp³-hybridized carbons (Fsp3) is 0.409. The lowest BCUT2D eigenvalue weighted by Crippen LogP contribution is -2.44. The molecule has 8 heteroatoms. The summed E-state index contributed by atoms with van der Waals surface area (Å²) >= 11 is 0. The van der Waals surface area contributed by atoms with Gasteiger partial charge in [0.1, 0.15) is 5.41 Å². The number of esters is 1. The number of nitrogens with zero attached hydrogens (tertiary/aromatic N) is 4. The molecule has 0 amide bonds. The van der Waals surface area contributed by atoms with Crippen molar-refractivity contribution in [3.8, 4) is 11.5 Å². The van der Waals surface area contributed by atoms with Crippen LogP contribution in [0.5, 0.6) is 0 Å². The number of benzene rings is 1. The number of fused-ring (bicyclic) bond motifs is 1. The Hall–Kier alpha value is -3.29. The number of rotatable bonds is 6. The largest absolute Gasteiger partial charge is 0.465 e. The third kappa shape index (κ3) is 3.22. The van der Waals surface area contributed by atoms with Crippen molar-refractivity contribution in [3.05, 3.63) is 53.7 Å². The summed E-state index contributed by atoms with van der Waals surface area (Å²) in [5.41, 5.74) is 2.56. The quantitative estimate of drug-likeness (QED) is 0.624. The number of anilines is 1. The first kappa shape index (κ1) is 18.7. The van der Waals surface area contributed by atoms with Crippen LogP contribution in [-0.4, -0.2) is 38.8 Å². The molecule has 8 nitrogen and oxygen atoms in total. The molecule has 0 radical (unpaired) electrons. The third-order valence-corrected chi connectivity index (χ3v) is 5.99. The molecule has 2 heterocycles. The van der Waals surface area contributed by atoms with Crippen molar-refractivity contribution in [2.75, 3.05) is 11.9 Å². The van der Waals surface area contributed by atoms with Gasteiger partial charge in [-0.1, -0.05) is 30.7 Å². The highest BCUT2D eigenvalue weighted by Crippen LogP contribution is 2.44. The van der Waals surface area contributed by atoms with E-state index < -0.39 is 5.41 Å². The van der Waals surface area contributed by atoms with Gasteiger partial charge in [-0.05, 0) is 43.7 Å². The van der Waals surface area contributed by atoms with Crippen LogP contribution < -0.4 is 5.32 Å². The van der Waals surface area contributed by atoms with Gasteiger partial charge in [0.15, 0.2) is 0 Å². The molecule has 0 unspecified atom stereocenters. The Balaban J connectivity index is 1.28. The van der Waals surface area contributed by atoms with E-state index in [0.29, 0.717) is 42.7 Å². The Morgan fingerprint density at radius 2 is 1.87 bits per heavy atom. The number of aromatic nitrogens is 4.